The van der Waals surface area contributed by atoms with Crippen LogP contribution in [0.15, 0.2) is 6.07 Å². The number of hydrogen-bond donors (Lipinski definition) is 3. The average molecular weight is 253 g/mol. The van der Waals surface area contributed by atoms with Crippen LogP contribution in [0.2, 0.25) is 0 Å². The van der Waals surface area contributed by atoms with Gasteiger partial charge < -0.3 is 21.1 Å². The summed E-state index contributed by atoms with van der Waals surface area (Å²) in [5.74, 6) is 0.824. The fourth-order valence-corrected chi connectivity index (χ4v) is 1.37. The van der Waals surface area contributed by atoms with E-state index in [2.05, 4.69) is 20.6 Å². The molecule has 0 radical (unpaired) electrons. The molecule has 0 spiro atoms. The SMILES string of the molecule is COCCNC(=O)CCNc1cc(C)nc(N)n1. The zero-order chi connectivity index (χ0) is 13.4. The molecule has 1 amide bonds. The summed E-state index contributed by atoms with van der Waals surface area (Å²) in [5.41, 5.74) is 6.30. The fraction of sp³-hybridized carbons (Fsp3) is 0.545. The van der Waals surface area contributed by atoms with E-state index in [1.54, 1.807) is 13.2 Å². The van der Waals surface area contributed by atoms with E-state index in [1.807, 2.05) is 6.92 Å². The molecule has 0 aromatic carbocycles. The molecule has 0 aliphatic carbocycles. The second-order valence-corrected chi connectivity index (χ2v) is 3.77. The van der Waals surface area contributed by atoms with Gasteiger partial charge in [0, 0.05) is 38.4 Å². The Labute approximate surface area is 106 Å². The molecule has 0 saturated heterocycles. The van der Waals surface area contributed by atoms with Crippen LogP contribution in [0, 0.1) is 6.92 Å². The first-order valence-corrected chi connectivity index (χ1v) is 5.72. The predicted octanol–water partition coefficient (Wildman–Crippen LogP) is -0.0682. The van der Waals surface area contributed by atoms with E-state index in [9.17, 15) is 4.79 Å². The van der Waals surface area contributed by atoms with E-state index in [0.29, 0.717) is 31.9 Å². The van der Waals surface area contributed by atoms with Gasteiger partial charge in [-0.05, 0) is 6.92 Å². The number of aromatic nitrogens is 2. The third-order valence-electron chi connectivity index (χ3n) is 2.16. The van der Waals surface area contributed by atoms with Gasteiger partial charge in [0.2, 0.25) is 11.9 Å². The van der Waals surface area contributed by atoms with Gasteiger partial charge in [-0.25, -0.2) is 4.98 Å². The average Bonchev–Trinajstić information content (AvgIpc) is 2.28. The molecule has 1 rings (SSSR count). The molecule has 0 aliphatic rings. The number of carbonyl (C=O) groups excluding carboxylic acids is 1. The molecule has 100 valence electrons. The fourth-order valence-electron chi connectivity index (χ4n) is 1.37. The first-order valence-electron chi connectivity index (χ1n) is 5.72. The van der Waals surface area contributed by atoms with Crippen LogP contribution in [0.25, 0.3) is 0 Å². The van der Waals surface area contributed by atoms with Crippen molar-refractivity contribution in [3.05, 3.63) is 11.8 Å². The van der Waals surface area contributed by atoms with Crippen LogP contribution in [-0.2, 0) is 9.53 Å². The van der Waals surface area contributed by atoms with E-state index in [4.69, 9.17) is 10.5 Å². The lowest BCUT2D eigenvalue weighted by Gasteiger charge is -2.07. The smallest absolute Gasteiger partial charge is 0.222 e. The molecule has 0 saturated carbocycles. The number of hydrogen-bond acceptors (Lipinski definition) is 6. The molecule has 1 aromatic heterocycles. The number of nitrogens with zero attached hydrogens (tertiary/aromatic N) is 2. The van der Waals surface area contributed by atoms with Crippen molar-refractivity contribution >= 4 is 17.7 Å². The van der Waals surface area contributed by atoms with Gasteiger partial charge in [-0.2, -0.15) is 4.98 Å². The normalized spacial score (nSPS) is 10.1. The maximum absolute atomic E-state index is 11.4. The van der Waals surface area contributed by atoms with Crippen LogP contribution in [0.5, 0.6) is 0 Å². The van der Waals surface area contributed by atoms with Gasteiger partial charge in [0.25, 0.3) is 0 Å². The Bertz CT molecular complexity index is 377. The van der Waals surface area contributed by atoms with Crippen molar-refractivity contribution in [2.75, 3.05) is 37.9 Å². The summed E-state index contributed by atoms with van der Waals surface area (Å²) in [7, 11) is 1.59. The molecule has 0 fully saturated rings. The molecule has 0 atom stereocenters. The number of rotatable bonds is 7. The van der Waals surface area contributed by atoms with Crippen LogP contribution in [-0.4, -0.2) is 42.7 Å². The highest BCUT2D eigenvalue weighted by atomic mass is 16.5. The Morgan fingerprint density at radius 1 is 1.44 bits per heavy atom. The monoisotopic (exact) mass is 253 g/mol. The largest absolute Gasteiger partial charge is 0.383 e. The van der Waals surface area contributed by atoms with Gasteiger partial charge in [-0.15, -0.1) is 0 Å². The van der Waals surface area contributed by atoms with Gasteiger partial charge >= 0.3 is 0 Å². The summed E-state index contributed by atoms with van der Waals surface area (Å²) in [6, 6.07) is 1.78. The number of aryl methyl sites for hydroxylation is 1. The zero-order valence-electron chi connectivity index (χ0n) is 10.7. The second-order valence-electron chi connectivity index (χ2n) is 3.77. The standard InChI is InChI=1S/C11H19N5O2/c1-8-7-9(16-11(12)15-8)13-4-3-10(17)14-5-6-18-2/h7H,3-6H2,1-2H3,(H,14,17)(H3,12,13,15,16). The number of carbonyl (C=O) groups is 1. The van der Waals surface area contributed by atoms with Crippen molar-refractivity contribution in [1.29, 1.82) is 0 Å². The van der Waals surface area contributed by atoms with E-state index < -0.39 is 0 Å². The Hall–Kier alpha value is -1.89. The Kier molecular flexibility index (Phi) is 5.86. The number of anilines is 2. The quantitative estimate of drug-likeness (QED) is 0.588. The number of nitrogens with two attached hydrogens (primary N) is 1. The minimum Gasteiger partial charge on any atom is -0.383 e. The molecule has 7 heteroatoms. The third-order valence-corrected chi connectivity index (χ3v) is 2.16. The second kappa shape index (κ2) is 7.44. The lowest BCUT2D eigenvalue weighted by atomic mass is 10.3. The van der Waals surface area contributed by atoms with Gasteiger partial charge in [-0.3, -0.25) is 4.79 Å². The predicted molar refractivity (Wildman–Crippen MR) is 69.2 cm³/mol. The first-order chi connectivity index (χ1) is 8.61. The summed E-state index contributed by atoms with van der Waals surface area (Å²) in [4.78, 5) is 19.3. The zero-order valence-corrected chi connectivity index (χ0v) is 10.7. The van der Waals surface area contributed by atoms with Crippen LogP contribution >= 0.6 is 0 Å². The Morgan fingerprint density at radius 2 is 2.22 bits per heavy atom. The minimum absolute atomic E-state index is 0.0294. The summed E-state index contributed by atoms with van der Waals surface area (Å²) in [6.07, 6.45) is 0.368. The van der Waals surface area contributed by atoms with Crippen LogP contribution in [0.3, 0.4) is 0 Å². The third kappa shape index (κ3) is 5.44. The van der Waals surface area contributed by atoms with E-state index in [1.165, 1.54) is 0 Å². The van der Waals surface area contributed by atoms with Crippen molar-refractivity contribution in [3.63, 3.8) is 0 Å². The number of nitrogens with one attached hydrogen (secondary N) is 2. The molecule has 7 nitrogen and oxygen atoms in total. The number of ether oxygens (including phenoxy) is 1. The highest BCUT2D eigenvalue weighted by Crippen LogP contribution is 2.06. The van der Waals surface area contributed by atoms with E-state index in [0.717, 1.165) is 5.69 Å². The maximum Gasteiger partial charge on any atom is 0.222 e. The lowest BCUT2D eigenvalue weighted by molar-refractivity contribution is -0.121. The Balaban J connectivity index is 2.26. The highest BCUT2D eigenvalue weighted by Gasteiger charge is 2.02. The number of amides is 1. The Morgan fingerprint density at radius 3 is 2.89 bits per heavy atom. The molecule has 4 N–H and O–H groups in total. The highest BCUT2D eigenvalue weighted by molar-refractivity contribution is 5.76. The topological polar surface area (TPSA) is 102 Å². The van der Waals surface area contributed by atoms with Crippen molar-refractivity contribution in [1.82, 2.24) is 15.3 Å². The van der Waals surface area contributed by atoms with Crippen LogP contribution in [0.4, 0.5) is 11.8 Å². The molecule has 1 heterocycles. The molecular weight excluding hydrogens is 234 g/mol. The van der Waals surface area contributed by atoms with Gasteiger partial charge in [0.05, 0.1) is 6.61 Å². The number of methoxy groups -OCH3 is 1. The van der Waals surface area contributed by atoms with Crippen molar-refractivity contribution in [2.24, 2.45) is 0 Å². The molecule has 18 heavy (non-hydrogen) atoms. The van der Waals surface area contributed by atoms with E-state index >= 15 is 0 Å². The van der Waals surface area contributed by atoms with Crippen molar-refractivity contribution in [3.8, 4) is 0 Å². The summed E-state index contributed by atoms with van der Waals surface area (Å²) in [6.45, 7) is 3.37. The summed E-state index contributed by atoms with van der Waals surface area (Å²) >= 11 is 0. The van der Waals surface area contributed by atoms with Gasteiger partial charge in [-0.1, -0.05) is 0 Å². The molecule has 0 unspecified atom stereocenters. The van der Waals surface area contributed by atoms with Crippen molar-refractivity contribution in [2.45, 2.75) is 13.3 Å². The number of nitrogen functional groups attached to an aromatic ring is 1. The molecule has 0 aliphatic heterocycles. The summed E-state index contributed by atoms with van der Waals surface area (Å²) in [5, 5.41) is 5.76. The first kappa shape index (κ1) is 14.2. The van der Waals surface area contributed by atoms with Crippen molar-refractivity contribution < 1.29 is 9.53 Å². The van der Waals surface area contributed by atoms with Crippen LogP contribution < -0.4 is 16.4 Å². The van der Waals surface area contributed by atoms with Gasteiger partial charge in [0.15, 0.2) is 0 Å². The van der Waals surface area contributed by atoms with Crippen LogP contribution in [0.1, 0.15) is 12.1 Å². The summed E-state index contributed by atoms with van der Waals surface area (Å²) < 4.78 is 4.83. The maximum atomic E-state index is 11.4. The van der Waals surface area contributed by atoms with E-state index in [-0.39, 0.29) is 11.9 Å². The van der Waals surface area contributed by atoms with Gasteiger partial charge in [0.1, 0.15) is 5.82 Å². The molecule has 1 aromatic rings. The lowest BCUT2D eigenvalue weighted by Crippen LogP contribution is -2.28. The minimum atomic E-state index is -0.0294. The molecular formula is C11H19N5O2. The molecule has 0 bridgehead atoms.